The first kappa shape index (κ1) is 11.0. The molecule has 0 saturated carbocycles. The molecule has 1 aliphatic heterocycles. The Hall–Kier alpha value is -1.10. The maximum Gasteiger partial charge on any atom is 0.0874 e. The van der Waals surface area contributed by atoms with E-state index in [9.17, 15) is 0 Å². The standard InChI is InChI=1S/C10H16N4/c11-4-7-14(8-5-12)9-10-3-1-2-6-13-10/h10,13H,1-3,6-9H2. The maximum absolute atomic E-state index is 8.57. The van der Waals surface area contributed by atoms with Gasteiger partial charge in [0, 0.05) is 12.6 Å². The summed E-state index contributed by atoms with van der Waals surface area (Å²) >= 11 is 0. The first-order chi connectivity index (χ1) is 6.86. The summed E-state index contributed by atoms with van der Waals surface area (Å²) in [4.78, 5) is 1.89. The molecule has 14 heavy (non-hydrogen) atoms. The second-order valence-electron chi connectivity index (χ2n) is 3.63. The normalized spacial score (nSPS) is 21.5. The van der Waals surface area contributed by atoms with E-state index in [-0.39, 0.29) is 0 Å². The SMILES string of the molecule is N#CCN(CC#N)CC1CCCCN1. The Labute approximate surface area is 85.1 Å². The molecule has 1 fully saturated rings. The minimum atomic E-state index is 0.353. The van der Waals surface area contributed by atoms with Gasteiger partial charge >= 0.3 is 0 Å². The molecule has 1 atom stereocenters. The summed E-state index contributed by atoms with van der Waals surface area (Å²) in [7, 11) is 0. The van der Waals surface area contributed by atoms with E-state index >= 15 is 0 Å². The molecule has 0 radical (unpaired) electrons. The third kappa shape index (κ3) is 3.74. The van der Waals surface area contributed by atoms with E-state index in [4.69, 9.17) is 10.5 Å². The number of hydrogen-bond donors (Lipinski definition) is 1. The van der Waals surface area contributed by atoms with E-state index in [1.165, 1.54) is 12.8 Å². The van der Waals surface area contributed by atoms with Crippen LogP contribution in [0.4, 0.5) is 0 Å². The van der Waals surface area contributed by atoms with Crippen molar-refractivity contribution in [3.63, 3.8) is 0 Å². The molecular weight excluding hydrogens is 176 g/mol. The van der Waals surface area contributed by atoms with Crippen molar-refractivity contribution in [3.05, 3.63) is 0 Å². The predicted molar refractivity (Wildman–Crippen MR) is 53.3 cm³/mol. The zero-order valence-corrected chi connectivity index (χ0v) is 8.37. The smallest absolute Gasteiger partial charge is 0.0874 e. The molecule has 1 heterocycles. The van der Waals surface area contributed by atoms with Crippen LogP contribution in [0.25, 0.3) is 0 Å². The van der Waals surface area contributed by atoms with Gasteiger partial charge in [-0.05, 0) is 19.4 Å². The minimum absolute atomic E-state index is 0.353. The van der Waals surface area contributed by atoms with Gasteiger partial charge in [0.2, 0.25) is 0 Å². The van der Waals surface area contributed by atoms with Crippen LogP contribution in [-0.2, 0) is 0 Å². The number of hydrogen-bond acceptors (Lipinski definition) is 4. The van der Waals surface area contributed by atoms with Gasteiger partial charge in [0.15, 0.2) is 0 Å². The molecule has 0 aliphatic carbocycles. The van der Waals surface area contributed by atoms with Crippen LogP contribution in [0.1, 0.15) is 19.3 Å². The van der Waals surface area contributed by atoms with Crippen LogP contribution in [-0.4, -0.2) is 37.1 Å². The Morgan fingerprint density at radius 2 is 1.93 bits per heavy atom. The van der Waals surface area contributed by atoms with Crippen LogP contribution >= 0.6 is 0 Å². The third-order valence-corrected chi connectivity index (χ3v) is 2.48. The summed E-state index contributed by atoms with van der Waals surface area (Å²) in [6.07, 6.45) is 3.66. The van der Waals surface area contributed by atoms with Crippen LogP contribution < -0.4 is 5.32 Å². The van der Waals surface area contributed by atoms with Crippen LogP contribution in [0.15, 0.2) is 0 Å². The summed E-state index contributed by atoms with van der Waals surface area (Å²) in [6, 6.07) is 4.64. The van der Waals surface area contributed by atoms with Crippen molar-refractivity contribution in [2.24, 2.45) is 0 Å². The monoisotopic (exact) mass is 192 g/mol. The summed E-state index contributed by atoms with van der Waals surface area (Å²) in [5.41, 5.74) is 0. The fourth-order valence-corrected chi connectivity index (χ4v) is 1.78. The summed E-state index contributed by atoms with van der Waals surface area (Å²) < 4.78 is 0. The molecule has 1 rings (SSSR count). The molecular formula is C10H16N4. The molecule has 0 amide bonds. The number of nitrogens with zero attached hydrogens (tertiary/aromatic N) is 3. The second-order valence-corrected chi connectivity index (χ2v) is 3.63. The maximum atomic E-state index is 8.57. The van der Waals surface area contributed by atoms with E-state index in [2.05, 4.69) is 17.5 Å². The van der Waals surface area contributed by atoms with Crippen molar-refractivity contribution in [2.45, 2.75) is 25.3 Å². The molecule has 0 bridgehead atoms. The van der Waals surface area contributed by atoms with Gasteiger partial charge in [0.1, 0.15) is 0 Å². The van der Waals surface area contributed by atoms with Crippen LogP contribution in [0.3, 0.4) is 0 Å². The van der Waals surface area contributed by atoms with E-state index in [1.807, 2.05) is 4.90 Å². The Morgan fingerprint density at radius 3 is 2.43 bits per heavy atom. The highest BCUT2D eigenvalue weighted by atomic mass is 15.1. The van der Waals surface area contributed by atoms with Gasteiger partial charge in [-0.2, -0.15) is 10.5 Å². The quantitative estimate of drug-likeness (QED) is 0.658. The molecule has 76 valence electrons. The van der Waals surface area contributed by atoms with Crippen LogP contribution in [0.2, 0.25) is 0 Å². The van der Waals surface area contributed by atoms with Crippen LogP contribution in [0.5, 0.6) is 0 Å². The molecule has 0 aromatic carbocycles. The highest BCUT2D eigenvalue weighted by molar-refractivity contribution is 4.87. The van der Waals surface area contributed by atoms with Gasteiger partial charge < -0.3 is 5.32 Å². The molecule has 1 saturated heterocycles. The van der Waals surface area contributed by atoms with E-state index in [0.29, 0.717) is 19.1 Å². The van der Waals surface area contributed by atoms with Gasteiger partial charge in [-0.3, -0.25) is 4.90 Å². The van der Waals surface area contributed by atoms with Crippen molar-refractivity contribution in [1.82, 2.24) is 10.2 Å². The fraction of sp³-hybridized carbons (Fsp3) is 0.800. The van der Waals surface area contributed by atoms with E-state index in [0.717, 1.165) is 19.5 Å². The molecule has 4 heteroatoms. The first-order valence-corrected chi connectivity index (χ1v) is 5.06. The van der Waals surface area contributed by atoms with Gasteiger partial charge in [-0.15, -0.1) is 0 Å². The average Bonchev–Trinajstić information content (AvgIpc) is 2.20. The van der Waals surface area contributed by atoms with Gasteiger partial charge in [-0.25, -0.2) is 0 Å². The van der Waals surface area contributed by atoms with Crippen molar-refractivity contribution < 1.29 is 0 Å². The Morgan fingerprint density at radius 1 is 1.21 bits per heavy atom. The highest BCUT2D eigenvalue weighted by Gasteiger charge is 2.15. The number of nitriles is 2. The molecule has 0 aromatic heterocycles. The lowest BCUT2D eigenvalue weighted by Gasteiger charge is -2.27. The first-order valence-electron chi connectivity index (χ1n) is 5.06. The number of rotatable bonds is 4. The molecule has 4 nitrogen and oxygen atoms in total. The van der Waals surface area contributed by atoms with Crippen LogP contribution in [0, 0.1) is 22.7 Å². The topological polar surface area (TPSA) is 62.9 Å². The highest BCUT2D eigenvalue weighted by Crippen LogP contribution is 2.08. The summed E-state index contributed by atoms with van der Waals surface area (Å²) in [6.45, 7) is 2.59. The predicted octanol–water partition coefficient (Wildman–Crippen LogP) is 0.478. The summed E-state index contributed by atoms with van der Waals surface area (Å²) in [5.74, 6) is 0. The van der Waals surface area contributed by atoms with Crippen molar-refractivity contribution >= 4 is 0 Å². The lowest BCUT2D eigenvalue weighted by atomic mass is 10.0. The zero-order valence-electron chi connectivity index (χ0n) is 8.37. The number of nitrogens with one attached hydrogen (secondary N) is 1. The van der Waals surface area contributed by atoms with Gasteiger partial charge in [0.25, 0.3) is 0 Å². The lowest BCUT2D eigenvalue weighted by molar-refractivity contribution is 0.265. The Kier molecular flexibility index (Phi) is 4.99. The molecule has 1 N–H and O–H groups in total. The zero-order chi connectivity index (χ0) is 10.2. The van der Waals surface area contributed by atoms with E-state index in [1.54, 1.807) is 0 Å². The largest absolute Gasteiger partial charge is 0.313 e. The summed E-state index contributed by atoms with van der Waals surface area (Å²) in [5, 5.41) is 20.5. The van der Waals surface area contributed by atoms with Crippen molar-refractivity contribution in [2.75, 3.05) is 26.2 Å². The van der Waals surface area contributed by atoms with Crippen molar-refractivity contribution in [1.29, 1.82) is 10.5 Å². The average molecular weight is 192 g/mol. The molecule has 1 unspecified atom stereocenters. The Balaban J connectivity index is 2.30. The van der Waals surface area contributed by atoms with Crippen molar-refractivity contribution in [3.8, 4) is 12.1 Å². The number of piperidine rings is 1. The van der Waals surface area contributed by atoms with Gasteiger partial charge in [-0.1, -0.05) is 6.42 Å². The lowest BCUT2D eigenvalue weighted by Crippen LogP contribution is -2.43. The van der Waals surface area contributed by atoms with E-state index < -0.39 is 0 Å². The minimum Gasteiger partial charge on any atom is -0.313 e. The van der Waals surface area contributed by atoms with Gasteiger partial charge in [0.05, 0.1) is 25.2 Å². The Bertz CT molecular complexity index is 215. The molecule has 0 aromatic rings. The third-order valence-electron chi connectivity index (χ3n) is 2.48. The molecule has 0 spiro atoms. The second kappa shape index (κ2) is 6.37. The fourth-order valence-electron chi connectivity index (χ4n) is 1.78. The molecule has 1 aliphatic rings.